The van der Waals surface area contributed by atoms with Crippen LogP contribution in [-0.4, -0.2) is 13.0 Å². The maximum atomic E-state index is 12.5. The topological polar surface area (TPSA) is 68.2 Å². The molecule has 0 spiro atoms. The molecule has 0 atom stereocenters. The number of fused-ring (bicyclic) bond motifs is 1. The summed E-state index contributed by atoms with van der Waals surface area (Å²) >= 11 is 12.8. The van der Waals surface area contributed by atoms with E-state index in [2.05, 4.69) is 4.72 Å². The summed E-state index contributed by atoms with van der Waals surface area (Å²) in [7, 11) is -2.21. The highest BCUT2D eigenvalue weighted by Crippen LogP contribution is 2.28. The Balaban J connectivity index is 2.05. The fourth-order valence-electron chi connectivity index (χ4n) is 2.06. The van der Waals surface area contributed by atoms with E-state index in [1.54, 1.807) is 19.2 Å². The van der Waals surface area contributed by atoms with Gasteiger partial charge in [-0.25, -0.2) is 8.42 Å². The Kier molecular flexibility index (Phi) is 4.14. The summed E-state index contributed by atoms with van der Waals surface area (Å²) < 4.78 is 29.5. The second-order valence-corrected chi connectivity index (χ2v) is 8.31. The van der Waals surface area contributed by atoms with Crippen LogP contribution in [0.3, 0.4) is 0 Å². The molecule has 0 fully saturated rings. The van der Waals surface area contributed by atoms with Crippen LogP contribution < -0.4 is 9.60 Å². The normalized spacial score (nSPS) is 11.8. The third kappa shape index (κ3) is 3.10. The molecule has 5 nitrogen and oxygen atoms in total. The van der Waals surface area contributed by atoms with Crippen molar-refractivity contribution in [3.05, 3.63) is 56.1 Å². The smallest absolute Gasteiger partial charge is 0.302 e. The van der Waals surface area contributed by atoms with Crippen LogP contribution in [0.1, 0.15) is 0 Å². The number of aryl methyl sites for hydroxylation is 1. The first kappa shape index (κ1) is 16.3. The third-order valence-corrected chi connectivity index (χ3v) is 6.17. The minimum Gasteiger partial charge on any atom is -0.302 e. The van der Waals surface area contributed by atoms with Crippen molar-refractivity contribution >= 4 is 60.5 Å². The summed E-state index contributed by atoms with van der Waals surface area (Å²) in [5, 5.41) is 0.604. The number of anilines is 1. The lowest BCUT2D eigenvalue weighted by Gasteiger charge is -2.10. The van der Waals surface area contributed by atoms with Crippen molar-refractivity contribution in [2.45, 2.75) is 4.90 Å². The first-order valence-corrected chi connectivity index (χ1v) is 9.41. The quantitative estimate of drug-likeness (QED) is 0.743. The Labute approximate surface area is 146 Å². The summed E-state index contributed by atoms with van der Waals surface area (Å²) in [6.45, 7) is 0. The van der Waals surface area contributed by atoms with Gasteiger partial charge in [0.05, 0.1) is 25.8 Å². The van der Waals surface area contributed by atoms with Crippen LogP contribution in [0.15, 0.2) is 46.1 Å². The first-order chi connectivity index (χ1) is 10.8. The second kappa shape index (κ2) is 5.83. The Morgan fingerprint density at radius 1 is 1.13 bits per heavy atom. The zero-order valence-electron chi connectivity index (χ0n) is 11.7. The van der Waals surface area contributed by atoms with Crippen molar-refractivity contribution in [1.29, 1.82) is 0 Å². The highest BCUT2D eigenvalue weighted by Gasteiger charge is 2.18. The lowest BCUT2D eigenvalue weighted by atomic mass is 10.3. The monoisotopic (exact) mass is 388 g/mol. The predicted molar refractivity (Wildman–Crippen MR) is 94.3 cm³/mol. The van der Waals surface area contributed by atoms with E-state index in [1.807, 2.05) is 0 Å². The molecular weight excluding hydrogens is 379 g/mol. The van der Waals surface area contributed by atoms with E-state index < -0.39 is 10.0 Å². The first-order valence-electron chi connectivity index (χ1n) is 6.35. The van der Waals surface area contributed by atoms with Crippen molar-refractivity contribution in [3.63, 3.8) is 0 Å². The molecule has 1 N–H and O–H groups in total. The Bertz CT molecular complexity index is 1070. The highest BCUT2D eigenvalue weighted by molar-refractivity contribution is 7.92. The molecule has 0 radical (unpaired) electrons. The van der Waals surface area contributed by atoms with Crippen LogP contribution in [0.4, 0.5) is 5.69 Å². The van der Waals surface area contributed by atoms with Crippen LogP contribution in [0, 0.1) is 0 Å². The van der Waals surface area contributed by atoms with Crippen LogP contribution in [0.25, 0.3) is 10.2 Å². The molecule has 9 heteroatoms. The van der Waals surface area contributed by atoms with Gasteiger partial charge in [0.15, 0.2) is 0 Å². The van der Waals surface area contributed by atoms with Crippen molar-refractivity contribution in [1.82, 2.24) is 4.57 Å². The zero-order chi connectivity index (χ0) is 16.8. The van der Waals surface area contributed by atoms with E-state index in [1.165, 1.54) is 28.8 Å². The number of rotatable bonds is 3. The maximum absolute atomic E-state index is 12.5. The summed E-state index contributed by atoms with van der Waals surface area (Å²) in [5.41, 5.74) is 0.875. The molecule has 0 amide bonds. The Hall–Kier alpha value is -1.54. The summed E-state index contributed by atoms with van der Waals surface area (Å²) in [5.74, 6) is 0. The van der Waals surface area contributed by atoms with Gasteiger partial charge in [0.2, 0.25) is 0 Å². The van der Waals surface area contributed by atoms with Gasteiger partial charge >= 0.3 is 4.87 Å². The fourth-order valence-corrected chi connectivity index (χ4v) is 4.54. The van der Waals surface area contributed by atoms with Gasteiger partial charge in [-0.05, 0) is 36.4 Å². The number of nitrogens with zero attached hydrogens (tertiary/aromatic N) is 1. The van der Waals surface area contributed by atoms with Crippen molar-refractivity contribution in [2.24, 2.45) is 7.05 Å². The number of thiazole rings is 1. The van der Waals surface area contributed by atoms with Crippen LogP contribution in [0.5, 0.6) is 0 Å². The summed E-state index contributed by atoms with van der Waals surface area (Å²) in [6, 6.07) is 9.00. The lowest BCUT2D eigenvalue weighted by molar-refractivity contribution is 0.601. The number of hydrogen-bond acceptors (Lipinski definition) is 4. The maximum Gasteiger partial charge on any atom is 0.307 e. The fraction of sp³-hybridized carbons (Fsp3) is 0.0714. The van der Waals surface area contributed by atoms with Gasteiger partial charge in [-0.15, -0.1) is 0 Å². The summed E-state index contributed by atoms with van der Waals surface area (Å²) in [6.07, 6.45) is 0. The van der Waals surface area contributed by atoms with Gasteiger partial charge in [-0.2, -0.15) is 0 Å². The van der Waals surface area contributed by atoms with Crippen LogP contribution in [0.2, 0.25) is 10.0 Å². The largest absolute Gasteiger partial charge is 0.307 e. The average molecular weight is 389 g/mol. The van der Waals surface area contributed by atoms with E-state index >= 15 is 0 Å². The minimum absolute atomic E-state index is 0.0443. The molecule has 1 aromatic heterocycles. The molecule has 3 aromatic rings. The number of halogens is 2. The van der Waals surface area contributed by atoms with Crippen LogP contribution in [-0.2, 0) is 17.1 Å². The molecule has 0 aliphatic rings. The molecule has 120 valence electrons. The third-order valence-electron chi connectivity index (χ3n) is 3.25. The van der Waals surface area contributed by atoms with Gasteiger partial charge in [-0.1, -0.05) is 34.5 Å². The van der Waals surface area contributed by atoms with E-state index in [4.69, 9.17) is 23.2 Å². The average Bonchev–Trinajstić information content (AvgIpc) is 2.77. The molecule has 0 bridgehead atoms. The van der Waals surface area contributed by atoms with Gasteiger partial charge in [0, 0.05) is 12.1 Å². The molecular formula is C14H10Cl2N2O3S2. The van der Waals surface area contributed by atoms with Crippen molar-refractivity contribution in [3.8, 4) is 0 Å². The number of nitrogens with one attached hydrogen (secondary N) is 1. The molecule has 1 heterocycles. The van der Waals surface area contributed by atoms with E-state index in [9.17, 15) is 13.2 Å². The zero-order valence-corrected chi connectivity index (χ0v) is 14.9. The second-order valence-electron chi connectivity index (χ2n) is 4.79. The van der Waals surface area contributed by atoms with Crippen LogP contribution >= 0.6 is 34.5 Å². The van der Waals surface area contributed by atoms with E-state index in [0.717, 1.165) is 11.3 Å². The molecule has 3 rings (SSSR count). The molecule has 0 aliphatic carbocycles. The lowest BCUT2D eigenvalue weighted by Crippen LogP contribution is -2.13. The molecule has 23 heavy (non-hydrogen) atoms. The van der Waals surface area contributed by atoms with Crippen molar-refractivity contribution in [2.75, 3.05) is 4.72 Å². The number of sulfonamides is 1. The molecule has 0 saturated carbocycles. The van der Waals surface area contributed by atoms with Crippen molar-refractivity contribution < 1.29 is 8.42 Å². The van der Waals surface area contributed by atoms with Gasteiger partial charge in [-0.3, -0.25) is 9.52 Å². The standard InChI is InChI=1S/C14H10Cl2N2O3S2/c1-18-12-5-3-9(7-13(12)22-14(18)19)23(20,21)17-11-6-8(15)2-4-10(11)16/h2-7,17H,1H3. The Morgan fingerprint density at radius 3 is 2.61 bits per heavy atom. The SMILES string of the molecule is Cn1c(=O)sc2cc(S(=O)(=O)Nc3cc(Cl)ccc3Cl)ccc21. The van der Waals surface area contributed by atoms with Gasteiger partial charge in [0.1, 0.15) is 0 Å². The highest BCUT2D eigenvalue weighted by atomic mass is 35.5. The van der Waals surface area contributed by atoms with E-state index in [-0.39, 0.29) is 20.5 Å². The molecule has 0 aliphatic heterocycles. The number of aromatic nitrogens is 1. The summed E-state index contributed by atoms with van der Waals surface area (Å²) in [4.78, 5) is 11.5. The molecule has 0 unspecified atom stereocenters. The van der Waals surface area contributed by atoms with E-state index in [0.29, 0.717) is 15.2 Å². The molecule has 0 saturated heterocycles. The minimum atomic E-state index is -3.85. The number of hydrogen-bond donors (Lipinski definition) is 1. The number of benzene rings is 2. The predicted octanol–water partition coefficient (Wildman–Crippen LogP) is 3.71. The Morgan fingerprint density at radius 2 is 1.87 bits per heavy atom. The van der Waals surface area contributed by atoms with Gasteiger partial charge in [0.25, 0.3) is 10.0 Å². The van der Waals surface area contributed by atoms with Gasteiger partial charge < -0.3 is 4.57 Å². The molecule has 2 aromatic carbocycles.